The van der Waals surface area contributed by atoms with Crippen LogP contribution < -0.4 is 0 Å². The first-order valence-corrected chi connectivity index (χ1v) is 4.91. The number of carbonyl (C=O) groups is 1. The van der Waals surface area contributed by atoms with Gasteiger partial charge in [-0.1, -0.05) is 0 Å². The Morgan fingerprint density at radius 2 is 2.29 bits per heavy atom. The molecule has 0 amide bonds. The van der Waals surface area contributed by atoms with E-state index in [9.17, 15) is 13.6 Å². The van der Waals surface area contributed by atoms with Gasteiger partial charge in [-0.05, 0) is 27.6 Å². The Kier molecular flexibility index (Phi) is 3.95. The van der Waals surface area contributed by atoms with Crippen molar-refractivity contribution in [2.45, 2.75) is 12.3 Å². The number of alkyl halides is 3. The number of carbonyl (C=O) groups excluding carboxylic acids is 1. The van der Waals surface area contributed by atoms with Gasteiger partial charge in [0.1, 0.15) is 11.4 Å². The van der Waals surface area contributed by atoms with Crippen molar-refractivity contribution in [1.82, 2.24) is 4.98 Å². The molecule has 1 aromatic heterocycles. The number of hydrogen-bond acceptors (Lipinski definition) is 2. The first-order chi connectivity index (χ1) is 6.60. The van der Waals surface area contributed by atoms with E-state index >= 15 is 0 Å². The minimum atomic E-state index is -2.73. The van der Waals surface area contributed by atoms with Gasteiger partial charge in [0.15, 0.2) is 6.29 Å². The largest absolute Gasteiger partial charge is 0.296 e. The molecular formula is C8H5BrClF2NO. The molecule has 76 valence electrons. The summed E-state index contributed by atoms with van der Waals surface area (Å²) in [6, 6.07) is 1.38. The van der Waals surface area contributed by atoms with Gasteiger partial charge in [-0.15, -0.1) is 11.6 Å². The SMILES string of the molecule is O=Cc1nc(C(F)F)c(CCl)cc1Br. The Balaban J connectivity index is 3.32. The standard InChI is InChI=1S/C8H5BrClF2NO/c9-5-1-4(2-10)7(8(11)12)13-6(5)3-14/h1,3,8H,2H2. The zero-order valence-corrected chi connectivity index (χ0v) is 9.15. The second kappa shape index (κ2) is 4.79. The van der Waals surface area contributed by atoms with Crippen LogP contribution in [0.2, 0.25) is 0 Å². The molecule has 14 heavy (non-hydrogen) atoms. The molecule has 0 radical (unpaired) electrons. The molecule has 1 rings (SSSR count). The lowest BCUT2D eigenvalue weighted by atomic mass is 10.2. The molecule has 6 heteroatoms. The molecule has 1 heterocycles. The lowest BCUT2D eigenvalue weighted by molar-refractivity contribution is 0.111. The van der Waals surface area contributed by atoms with Crippen molar-refractivity contribution in [1.29, 1.82) is 0 Å². The average Bonchev–Trinajstić information content (AvgIpc) is 2.16. The van der Waals surface area contributed by atoms with E-state index in [1.54, 1.807) is 0 Å². The van der Waals surface area contributed by atoms with Crippen LogP contribution in [0, 0.1) is 0 Å². The minimum Gasteiger partial charge on any atom is -0.296 e. The Bertz CT molecular complexity index is 359. The van der Waals surface area contributed by atoms with Crippen molar-refractivity contribution in [2.24, 2.45) is 0 Å². The Labute approximate surface area is 92.4 Å². The molecule has 0 aliphatic heterocycles. The lowest BCUT2D eigenvalue weighted by Crippen LogP contribution is -2.01. The lowest BCUT2D eigenvalue weighted by Gasteiger charge is -2.07. The van der Waals surface area contributed by atoms with Gasteiger partial charge in [-0.2, -0.15) is 0 Å². The van der Waals surface area contributed by atoms with Crippen LogP contribution in [0.3, 0.4) is 0 Å². The third kappa shape index (κ3) is 2.27. The Hall–Kier alpha value is -0.550. The van der Waals surface area contributed by atoms with E-state index in [0.717, 1.165) is 0 Å². The summed E-state index contributed by atoms with van der Waals surface area (Å²) in [5.41, 5.74) is -0.265. The van der Waals surface area contributed by atoms with E-state index in [1.807, 2.05) is 0 Å². The summed E-state index contributed by atoms with van der Waals surface area (Å²) in [5, 5.41) is 0. The average molecular weight is 284 g/mol. The highest BCUT2D eigenvalue weighted by atomic mass is 79.9. The van der Waals surface area contributed by atoms with Crippen LogP contribution >= 0.6 is 27.5 Å². The van der Waals surface area contributed by atoms with Crippen LogP contribution in [-0.4, -0.2) is 11.3 Å². The maximum absolute atomic E-state index is 12.4. The molecule has 0 unspecified atom stereocenters. The highest BCUT2D eigenvalue weighted by Crippen LogP contribution is 2.26. The molecule has 0 N–H and O–H groups in total. The normalized spacial score (nSPS) is 10.6. The number of halogens is 4. The van der Waals surface area contributed by atoms with Crippen LogP contribution in [0.1, 0.15) is 28.2 Å². The fourth-order valence-electron chi connectivity index (χ4n) is 0.934. The van der Waals surface area contributed by atoms with E-state index in [1.165, 1.54) is 6.07 Å². The molecular weight excluding hydrogens is 279 g/mol. The van der Waals surface area contributed by atoms with Gasteiger partial charge >= 0.3 is 0 Å². The highest BCUT2D eigenvalue weighted by Gasteiger charge is 2.17. The van der Waals surface area contributed by atoms with Gasteiger partial charge in [-0.25, -0.2) is 13.8 Å². The van der Waals surface area contributed by atoms with E-state index in [0.29, 0.717) is 10.8 Å². The summed E-state index contributed by atoms with van der Waals surface area (Å²) < 4.78 is 25.2. The quantitative estimate of drug-likeness (QED) is 0.629. The number of aromatic nitrogens is 1. The van der Waals surface area contributed by atoms with Crippen LogP contribution in [0.25, 0.3) is 0 Å². The molecule has 0 bridgehead atoms. The molecule has 0 aromatic carbocycles. The Morgan fingerprint density at radius 1 is 1.64 bits per heavy atom. The van der Waals surface area contributed by atoms with Gasteiger partial charge in [0.2, 0.25) is 0 Å². The maximum atomic E-state index is 12.4. The summed E-state index contributed by atoms with van der Waals surface area (Å²) >= 11 is 8.50. The van der Waals surface area contributed by atoms with Gasteiger partial charge in [0.25, 0.3) is 6.43 Å². The van der Waals surface area contributed by atoms with Crippen LogP contribution in [0.5, 0.6) is 0 Å². The fraction of sp³-hybridized carbons (Fsp3) is 0.250. The van der Waals surface area contributed by atoms with Crippen molar-refractivity contribution in [3.05, 3.63) is 27.5 Å². The van der Waals surface area contributed by atoms with E-state index in [-0.39, 0.29) is 17.1 Å². The zero-order valence-electron chi connectivity index (χ0n) is 6.81. The summed E-state index contributed by atoms with van der Waals surface area (Å²) in [7, 11) is 0. The van der Waals surface area contributed by atoms with Gasteiger partial charge in [0.05, 0.1) is 0 Å². The fourth-order valence-corrected chi connectivity index (χ4v) is 1.61. The first-order valence-electron chi connectivity index (χ1n) is 3.58. The number of rotatable bonds is 3. The molecule has 1 aromatic rings. The molecule has 0 spiro atoms. The molecule has 0 atom stereocenters. The van der Waals surface area contributed by atoms with Crippen molar-refractivity contribution >= 4 is 33.8 Å². The first kappa shape index (κ1) is 11.5. The highest BCUT2D eigenvalue weighted by molar-refractivity contribution is 9.10. The second-order valence-electron chi connectivity index (χ2n) is 2.45. The van der Waals surface area contributed by atoms with E-state index < -0.39 is 12.1 Å². The van der Waals surface area contributed by atoms with Gasteiger partial charge < -0.3 is 0 Å². The monoisotopic (exact) mass is 283 g/mol. The van der Waals surface area contributed by atoms with Crippen molar-refractivity contribution in [3.63, 3.8) is 0 Å². The van der Waals surface area contributed by atoms with Gasteiger partial charge in [-0.3, -0.25) is 4.79 Å². The van der Waals surface area contributed by atoms with Crippen LogP contribution in [0.15, 0.2) is 10.5 Å². The third-order valence-electron chi connectivity index (χ3n) is 1.58. The van der Waals surface area contributed by atoms with E-state index in [4.69, 9.17) is 11.6 Å². The van der Waals surface area contributed by atoms with Crippen molar-refractivity contribution < 1.29 is 13.6 Å². The third-order valence-corrected chi connectivity index (χ3v) is 2.50. The summed E-state index contributed by atoms with van der Waals surface area (Å²) in [6.45, 7) is 0. The molecule has 0 aliphatic rings. The number of hydrogen-bond donors (Lipinski definition) is 0. The molecule has 0 fully saturated rings. The van der Waals surface area contributed by atoms with Crippen LogP contribution in [-0.2, 0) is 5.88 Å². The summed E-state index contributed by atoms with van der Waals surface area (Å²) in [5.74, 6) is -0.0651. The summed E-state index contributed by atoms with van der Waals surface area (Å²) in [6.07, 6.45) is -2.32. The van der Waals surface area contributed by atoms with Crippen molar-refractivity contribution in [3.8, 4) is 0 Å². The molecule has 0 aliphatic carbocycles. The van der Waals surface area contributed by atoms with E-state index in [2.05, 4.69) is 20.9 Å². The maximum Gasteiger partial charge on any atom is 0.280 e. The number of nitrogens with zero attached hydrogens (tertiary/aromatic N) is 1. The van der Waals surface area contributed by atoms with Crippen molar-refractivity contribution in [2.75, 3.05) is 0 Å². The Morgan fingerprint density at radius 3 is 2.71 bits per heavy atom. The molecule has 0 saturated carbocycles. The molecule has 2 nitrogen and oxygen atoms in total. The van der Waals surface area contributed by atoms with Gasteiger partial charge in [0, 0.05) is 10.4 Å². The van der Waals surface area contributed by atoms with Crippen LogP contribution in [0.4, 0.5) is 8.78 Å². The summed E-state index contributed by atoms with van der Waals surface area (Å²) in [4.78, 5) is 13.9. The number of aldehydes is 1. The predicted octanol–water partition coefficient (Wildman–Crippen LogP) is 3.33. The minimum absolute atomic E-state index is 0.0471. The topological polar surface area (TPSA) is 30.0 Å². The molecule has 0 saturated heterocycles. The smallest absolute Gasteiger partial charge is 0.280 e. The second-order valence-corrected chi connectivity index (χ2v) is 3.57. The zero-order chi connectivity index (χ0) is 10.7. The number of pyridine rings is 1. The predicted molar refractivity (Wildman–Crippen MR) is 51.8 cm³/mol.